The van der Waals surface area contributed by atoms with Crippen molar-refractivity contribution >= 4 is 11.7 Å². The van der Waals surface area contributed by atoms with E-state index in [4.69, 9.17) is 4.74 Å². The molecule has 2 amide bonds. The van der Waals surface area contributed by atoms with E-state index in [1.807, 2.05) is 36.1 Å². The molecule has 0 unspecified atom stereocenters. The van der Waals surface area contributed by atoms with Crippen LogP contribution in [0.4, 0.5) is 10.5 Å². The van der Waals surface area contributed by atoms with Crippen LogP contribution in [0.3, 0.4) is 0 Å². The quantitative estimate of drug-likeness (QED) is 0.803. The van der Waals surface area contributed by atoms with Gasteiger partial charge in [-0.3, -0.25) is 0 Å². The lowest BCUT2D eigenvalue weighted by Crippen LogP contribution is -2.46. The largest absolute Gasteiger partial charge is 0.492 e. The van der Waals surface area contributed by atoms with Crippen molar-refractivity contribution < 1.29 is 9.53 Å². The Morgan fingerprint density at radius 2 is 1.71 bits per heavy atom. The highest BCUT2D eigenvalue weighted by molar-refractivity contribution is 5.91. The molecule has 0 aliphatic rings. The van der Waals surface area contributed by atoms with E-state index >= 15 is 0 Å². The zero-order valence-electron chi connectivity index (χ0n) is 13.8. The molecule has 1 rings (SSSR count). The molecule has 0 fully saturated rings. The van der Waals surface area contributed by atoms with Gasteiger partial charge in [-0.25, -0.2) is 4.79 Å². The average molecular weight is 292 g/mol. The second kappa shape index (κ2) is 8.55. The standard InChI is InChI=1S/C17H28N2O2/c1-6-13(4)19(14(5)7-2)17(20)18-15-11-9-10-12-16(15)21-8-3/h9-14H,6-8H2,1-5H3,(H,18,20)/t13-,14-/m0/s1. The number of urea groups is 1. The number of hydrogen-bond donors (Lipinski definition) is 1. The number of benzene rings is 1. The van der Waals surface area contributed by atoms with Crippen molar-refractivity contribution in [1.82, 2.24) is 4.90 Å². The molecule has 0 aliphatic heterocycles. The minimum absolute atomic E-state index is 0.0640. The first-order valence-corrected chi connectivity index (χ1v) is 7.86. The van der Waals surface area contributed by atoms with Gasteiger partial charge in [0.2, 0.25) is 0 Å². The highest BCUT2D eigenvalue weighted by atomic mass is 16.5. The minimum Gasteiger partial charge on any atom is -0.492 e. The third-order valence-electron chi connectivity index (χ3n) is 3.79. The van der Waals surface area contributed by atoms with Crippen LogP contribution in [-0.4, -0.2) is 29.6 Å². The van der Waals surface area contributed by atoms with Crippen molar-refractivity contribution in [3.8, 4) is 5.75 Å². The number of rotatable bonds is 7. The summed E-state index contributed by atoms with van der Waals surface area (Å²) in [4.78, 5) is 14.5. The first-order chi connectivity index (χ1) is 10.0. The maximum atomic E-state index is 12.6. The lowest BCUT2D eigenvalue weighted by atomic mass is 10.1. The van der Waals surface area contributed by atoms with E-state index in [2.05, 4.69) is 33.0 Å². The van der Waals surface area contributed by atoms with Crippen LogP contribution in [-0.2, 0) is 0 Å². The third-order valence-corrected chi connectivity index (χ3v) is 3.79. The van der Waals surface area contributed by atoms with E-state index in [0.717, 1.165) is 18.5 Å². The predicted octanol–water partition coefficient (Wildman–Crippen LogP) is 4.52. The number of hydrogen-bond acceptors (Lipinski definition) is 2. The Morgan fingerprint density at radius 3 is 2.24 bits per heavy atom. The first-order valence-electron chi connectivity index (χ1n) is 7.86. The van der Waals surface area contributed by atoms with Crippen LogP contribution < -0.4 is 10.1 Å². The SMILES string of the molecule is CCOc1ccccc1NC(=O)N([C@@H](C)CC)[C@@H](C)CC. The van der Waals surface area contributed by atoms with E-state index in [1.54, 1.807) is 0 Å². The molecule has 4 nitrogen and oxygen atoms in total. The molecule has 2 atom stereocenters. The lowest BCUT2D eigenvalue weighted by molar-refractivity contribution is 0.162. The predicted molar refractivity (Wildman–Crippen MR) is 88.0 cm³/mol. The lowest BCUT2D eigenvalue weighted by Gasteiger charge is -2.34. The Balaban J connectivity index is 2.91. The van der Waals surface area contributed by atoms with E-state index in [1.165, 1.54) is 0 Å². The highest BCUT2D eigenvalue weighted by Crippen LogP contribution is 2.25. The fourth-order valence-corrected chi connectivity index (χ4v) is 2.26. The molecule has 118 valence electrons. The molecule has 21 heavy (non-hydrogen) atoms. The second-order valence-electron chi connectivity index (χ2n) is 5.28. The molecule has 1 aromatic rings. The molecule has 0 saturated heterocycles. The fraction of sp³-hybridized carbons (Fsp3) is 0.588. The van der Waals surface area contributed by atoms with E-state index in [9.17, 15) is 4.79 Å². The Labute approximate surface area is 128 Å². The van der Waals surface area contributed by atoms with E-state index in [0.29, 0.717) is 12.4 Å². The number of carbonyl (C=O) groups excluding carboxylic acids is 1. The number of ether oxygens (including phenoxy) is 1. The normalized spacial score (nSPS) is 13.4. The maximum Gasteiger partial charge on any atom is 0.322 e. The van der Waals surface area contributed by atoms with Gasteiger partial charge in [-0.2, -0.15) is 0 Å². The molecular formula is C17H28N2O2. The topological polar surface area (TPSA) is 41.6 Å². The number of amides is 2. The Bertz CT molecular complexity index is 438. The minimum atomic E-state index is -0.0640. The van der Waals surface area contributed by atoms with Crippen molar-refractivity contribution in [1.29, 1.82) is 0 Å². The number of carbonyl (C=O) groups is 1. The van der Waals surface area contributed by atoms with Crippen LogP contribution in [0.1, 0.15) is 47.5 Å². The second-order valence-corrected chi connectivity index (χ2v) is 5.28. The van der Waals surface area contributed by atoms with Gasteiger partial charge in [0.15, 0.2) is 0 Å². The molecule has 0 saturated carbocycles. The molecule has 1 aromatic carbocycles. The van der Waals surface area contributed by atoms with Crippen LogP contribution in [0.5, 0.6) is 5.75 Å². The van der Waals surface area contributed by atoms with Gasteiger partial charge in [0.05, 0.1) is 12.3 Å². The van der Waals surface area contributed by atoms with Crippen molar-refractivity contribution in [2.75, 3.05) is 11.9 Å². The van der Waals surface area contributed by atoms with Crippen molar-refractivity contribution in [2.24, 2.45) is 0 Å². The molecule has 4 heteroatoms. The zero-order valence-corrected chi connectivity index (χ0v) is 13.8. The summed E-state index contributed by atoms with van der Waals surface area (Å²) in [6.07, 6.45) is 1.87. The number of para-hydroxylation sites is 2. The molecule has 0 heterocycles. The van der Waals surface area contributed by atoms with Gasteiger partial charge in [-0.05, 0) is 45.7 Å². The Kier molecular flexibility index (Phi) is 7.06. The molecule has 0 spiro atoms. The highest BCUT2D eigenvalue weighted by Gasteiger charge is 2.24. The molecule has 0 aromatic heterocycles. The van der Waals surface area contributed by atoms with Crippen molar-refractivity contribution in [3.63, 3.8) is 0 Å². The van der Waals surface area contributed by atoms with Gasteiger partial charge in [-0.15, -0.1) is 0 Å². The summed E-state index contributed by atoms with van der Waals surface area (Å²) in [6, 6.07) is 7.89. The van der Waals surface area contributed by atoms with Crippen LogP contribution in [0.25, 0.3) is 0 Å². The summed E-state index contributed by atoms with van der Waals surface area (Å²) in [7, 11) is 0. The maximum absolute atomic E-state index is 12.6. The molecular weight excluding hydrogens is 264 g/mol. The molecule has 0 bridgehead atoms. The van der Waals surface area contributed by atoms with Gasteiger partial charge in [0, 0.05) is 12.1 Å². The van der Waals surface area contributed by atoms with Crippen LogP contribution >= 0.6 is 0 Å². The number of anilines is 1. The monoisotopic (exact) mass is 292 g/mol. The molecule has 1 N–H and O–H groups in total. The van der Waals surface area contributed by atoms with Gasteiger partial charge < -0.3 is 15.0 Å². The first kappa shape index (κ1) is 17.3. The van der Waals surface area contributed by atoms with E-state index < -0.39 is 0 Å². The summed E-state index contributed by atoms with van der Waals surface area (Å²) in [5.74, 6) is 0.710. The number of nitrogens with zero attached hydrogens (tertiary/aromatic N) is 1. The molecule has 0 radical (unpaired) electrons. The van der Waals surface area contributed by atoms with Gasteiger partial charge in [-0.1, -0.05) is 26.0 Å². The molecule has 0 aliphatic carbocycles. The zero-order chi connectivity index (χ0) is 15.8. The van der Waals surface area contributed by atoms with Gasteiger partial charge in [0.25, 0.3) is 0 Å². The summed E-state index contributed by atoms with van der Waals surface area (Å²) in [6.45, 7) is 10.9. The smallest absolute Gasteiger partial charge is 0.322 e. The van der Waals surface area contributed by atoms with Gasteiger partial charge >= 0.3 is 6.03 Å². The van der Waals surface area contributed by atoms with Crippen LogP contribution in [0.2, 0.25) is 0 Å². The summed E-state index contributed by atoms with van der Waals surface area (Å²) in [5.41, 5.74) is 0.723. The van der Waals surface area contributed by atoms with Crippen LogP contribution in [0, 0.1) is 0 Å². The fourth-order valence-electron chi connectivity index (χ4n) is 2.26. The van der Waals surface area contributed by atoms with Crippen LogP contribution in [0.15, 0.2) is 24.3 Å². The third kappa shape index (κ3) is 4.66. The van der Waals surface area contributed by atoms with Crippen molar-refractivity contribution in [2.45, 2.75) is 59.5 Å². The summed E-state index contributed by atoms with van der Waals surface area (Å²) < 4.78 is 5.56. The van der Waals surface area contributed by atoms with Crippen molar-refractivity contribution in [3.05, 3.63) is 24.3 Å². The summed E-state index contributed by atoms with van der Waals surface area (Å²) >= 11 is 0. The number of nitrogens with one attached hydrogen (secondary N) is 1. The Morgan fingerprint density at radius 1 is 1.14 bits per heavy atom. The average Bonchev–Trinajstić information content (AvgIpc) is 2.49. The van der Waals surface area contributed by atoms with E-state index in [-0.39, 0.29) is 18.1 Å². The summed E-state index contributed by atoms with van der Waals surface area (Å²) in [5, 5.41) is 2.99. The Hall–Kier alpha value is -1.71. The van der Waals surface area contributed by atoms with Gasteiger partial charge in [0.1, 0.15) is 5.75 Å².